The molecule has 0 bridgehead atoms. The van der Waals surface area contributed by atoms with Crippen LogP contribution in [-0.4, -0.2) is 177 Å². The molecule has 3 aliphatic rings. The molecular formula is C40H51N14O25P4+. The number of methoxy groups -OCH3 is 1. The minimum Gasteiger partial charge on any atom is -0.490 e. The first kappa shape index (κ1) is 60.1. The molecule has 1 aromatic carbocycles. The molecule has 9 heterocycles. The number of aromatic nitrogens is 11. The molecule has 7 aromatic rings. The van der Waals surface area contributed by atoms with Gasteiger partial charge in [-0.1, -0.05) is 23.2 Å². The summed E-state index contributed by atoms with van der Waals surface area (Å²) in [7, 11) is -22.5. The van der Waals surface area contributed by atoms with E-state index < -0.39 is 136 Å². The highest BCUT2D eigenvalue weighted by Gasteiger charge is 2.54. The lowest BCUT2D eigenvalue weighted by molar-refractivity contribution is -0.746. The first-order valence-corrected chi connectivity index (χ1v) is 30.0. The lowest BCUT2D eigenvalue weighted by atomic mass is 10.1. The fourth-order valence-electron chi connectivity index (χ4n) is 9.28. The van der Waals surface area contributed by atoms with Crippen molar-refractivity contribution >= 4 is 82.2 Å². The summed E-state index contributed by atoms with van der Waals surface area (Å²) in [6, 6.07) is 10.00. The SMILES string of the molecule is CO[C@@H]1[C@H](OP(=O)(O)OC[C@H]2O[C@@H](n3cnc4c(=O)[nH]c(N)cc43)[C@H](O)[C@@H]2O)[C@@H](COP(=O)(O)OP(=O)(O)OP(=O)(O)OC[C@H]2O[C@@H]([n+]3cn(CCOc4ccccc4)c4c(=O)[nH]c(N)nc43)[C@H](O)[C@@H]2O)O[C@H]1n1cnc2c(N)ncnc21. The Labute approximate surface area is 462 Å². The van der Waals surface area contributed by atoms with Gasteiger partial charge < -0.3 is 90.4 Å². The number of aliphatic hydroxyl groups excluding tert-OH is 4. The Morgan fingerprint density at radius 2 is 1.33 bits per heavy atom. The van der Waals surface area contributed by atoms with Crippen LogP contribution in [0.5, 0.6) is 5.75 Å². The maximum atomic E-state index is 13.7. The summed E-state index contributed by atoms with van der Waals surface area (Å²) in [6.07, 6.45) is -15.8. The molecule has 3 fully saturated rings. The van der Waals surface area contributed by atoms with Gasteiger partial charge in [-0.2, -0.15) is 8.62 Å². The highest BCUT2D eigenvalue weighted by Crippen LogP contribution is 2.68. The molecule has 3 saturated heterocycles. The highest BCUT2D eigenvalue weighted by molar-refractivity contribution is 7.66. The fraction of sp³-hybridized carbons (Fsp3) is 0.450. The molecule has 4 unspecified atom stereocenters. The molecule has 6 aromatic heterocycles. The molecule has 16 N–H and O–H groups in total. The van der Waals surface area contributed by atoms with E-state index in [9.17, 15) is 67.8 Å². The van der Waals surface area contributed by atoms with Crippen LogP contribution in [0.1, 0.15) is 18.7 Å². The van der Waals surface area contributed by atoms with Crippen LogP contribution in [0.2, 0.25) is 0 Å². The lowest BCUT2D eigenvalue weighted by Gasteiger charge is -2.26. The Kier molecular flexibility index (Phi) is 17.0. The summed E-state index contributed by atoms with van der Waals surface area (Å²) in [5, 5.41) is 43.8. The van der Waals surface area contributed by atoms with E-state index in [4.69, 9.17) is 59.0 Å². The van der Waals surface area contributed by atoms with Crippen molar-refractivity contribution < 1.29 is 113 Å². The number of nitrogens with two attached hydrogens (primary N) is 3. The zero-order valence-electron chi connectivity index (χ0n) is 42.3. The molecule has 0 saturated carbocycles. The normalized spacial score (nSPS) is 28.6. The molecule has 16 atom stereocenters. The summed E-state index contributed by atoms with van der Waals surface area (Å²) >= 11 is 0. The van der Waals surface area contributed by atoms with E-state index in [1.54, 1.807) is 30.3 Å². The first-order chi connectivity index (χ1) is 39.2. The van der Waals surface area contributed by atoms with E-state index in [-0.39, 0.29) is 64.1 Å². The van der Waals surface area contributed by atoms with Crippen molar-refractivity contribution in [3.63, 3.8) is 0 Å². The largest absolute Gasteiger partial charge is 0.490 e. The summed E-state index contributed by atoms with van der Waals surface area (Å²) < 4.78 is 116. The number of imidazole rings is 3. The number of nitrogen functional groups attached to an aromatic ring is 3. The van der Waals surface area contributed by atoms with Crippen molar-refractivity contribution in [2.75, 3.05) is 50.7 Å². The van der Waals surface area contributed by atoms with Gasteiger partial charge in [-0.15, -0.1) is 0 Å². The number of nitrogens with one attached hydrogen (secondary N) is 2. The molecule has 0 spiro atoms. The van der Waals surface area contributed by atoms with Gasteiger partial charge in [-0.3, -0.25) is 41.8 Å². The van der Waals surface area contributed by atoms with Crippen LogP contribution in [0.4, 0.5) is 17.6 Å². The number of benzene rings is 1. The van der Waals surface area contributed by atoms with E-state index >= 15 is 0 Å². The number of anilines is 3. The third kappa shape index (κ3) is 12.7. The van der Waals surface area contributed by atoms with Crippen molar-refractivity contribution in [3.8, 4) is 5.75 Å². The summed E-state index contributed by atoms with van der Waals surface area (Å²) in [4.78, 5) is 93.2. The maximum absolute atomic E-state index is 13.7. The molecule has 0 radical (unpaired) electrons. The second kappa shape index (κ2) is 23.4. The molecule has 0 aliphatic carbocycles. The zero-order valence-corrected chi connectivity index (χ0v) is 45.9. The topological polar surface area (TPSA) is 559 Å². The minimum absolute atomic E-state index is 0.00600. The molecule has 3 aliphatic heterocycles. The van der Waals surface area contributed by atoms with E-state index in [0.29, 0.717) is 5.75 Å². The highest BCUT2D eigenvalue weighted by atomic mass is 31.3. The van der Waals surface area contributed by atoms with Crippen LogP contribution in [0.3, 0.4) is 0 Å². The van der Waals surface area contributed by atoms with Crippen LogP contribution in [0.25, 0.3) is 33.4 Å². The van der Waals surface area contributed by atoms with Gasteiger partial charge in [0.15, 0.2) is 35.8 Å². The Morgan fingerprint density at radius 3 is 2.02 bits per heavy atom. The second-order valence-electron chi connectivity index (χ2n) is 18.4. The molecule has 83 heavy (non-hydrogen) atoms. The summed E-state index contributed by atoms with van der Waals surface area (Å²) in [6.45, 7) is -3.34. The van der Waals surface area contributed by atoms with Gasteiger partial charge in [-0.05, 0) is 12.1 Å². The predicted molar refractivity (Wildman–Crippen MR) is 272 cm³/mol. The maximum Gasteiger partial charge on any atom is 0.490 e. The monoisotopic (exact) mass is 1250 g/mol. The van der Waals surface area contributed by atoms with Gasteiger partial charge in [-0.25, -0.2) is 42.8 Å². The lowest BCUT2D eigenvalue weighted by Crippen LogP contribution is -2.46. The number of para-hydroxylation sites is 1. The third-order valence-corrected chi connectivity index (χ3v) is 18.2. The second-order valence-corrected chi connectivity index (χ2v) is 24.4. The van der Waals surface area contributed by atoms with E-state index in [0.717, 1.165) is 30.7 Å². The molecule has 39 nitrogen and oxygen atoms in total. The number of aliphatic hydroxyl groups is 4. The molecule has 0 amide bonds. The number of phosphoric acid groups is 4. The number of aromatic amines is 2. The number of fused-ring (bicyclic) bond motifs is 3. The number of pyridine rings is 1. The smallest absolute Gasteiger partial charge is 0.490 e. The number of nitrogens with zero attached hydrogens (tertiary/aromatic N) is 9. The summed E-state index contributed by atoms with van der Waals surface area (Å²) in [5.74, 6) is 0.0286. The van der Waals surface area contributed by atoms with E-state index in [1.807, 2.05) is 0 Å². The Hall–Kier alpha value is -6.06. The van der Waals surface area contributed by atoms with Crippen LogP contribution in [0, 0.1) is 0 Å². The van der Waals surface area contributed by atoms with Crippen molar-refractivity contribution in [2.45, 2.75) is 80.2 Å². The number of hydrogen-bond acceptors (Lipinski definition) is 29. The van der Waals surface area contributed by atoms with Gasteiger partial charge in [0, 0.05) is 13.2 Å². The van der Waals surface area contributed by atoms with E-state index in [1.165, 1.54) is 26.1 Å². The summed E-state index contributed by atoms with van der Waals surface area (Å²) in [5.41, 5.74) is 16.0. The minimum atomic E-state index is -6.24. The Balaban J connectivity index is 0.790. The molecular weight excluding hydrogens is 1200 g/mol. The third-order valence-electron chi connectivity index (χ3n) is 12.9. The van der Waals surface area contributed by atoms with Crippen LogP contribution < -0.4 is 37.6 Å². The van der Waals surface area contributed by atoms with Gasteiger partial charge >= 0.3 is 36.9 Å². The van der Waals surface area contributed by atoms with Crippen molar-refractivity contribution in [1.29, 1.82) is 0 Å². The zero-order chi connectivity index (χ0) is 59.5. The number of ether oxygens (including phenoxy) is 5. The van der Waals surface area contributed by atoms with Crippen molar-refractivity contribution in [1.82, 2.24) is 48.6 Å². The van der Waals surface area contributed by atoms with Gasteiger partial charge in [0.05, 0.1) is 38.0 Å². The molecule has 450 valence electrons. The number of H-pyrrole nitrogens is 2. The van der Waals surface area contributed by atoms with Gasteiger partial charge in [0.1, 0.15) is 91.5 Å². The standard InChI is InChI=1S/C40H50N14O25P4/c1-69-31-30(77-80(61,62)71-10-19-26(55)28(57)37(74-19)52-14-46-23-18(52)9-22(41)48-35(23)59)21(76-39(31)53-15-47-24-32(42)44-13-45-33(24)53)12-73-82(65,66)79-83(67,68)78-81(63,64)72-11-20-27(56)29(58)38(75-20)54-16-51(7-8-70-17-5-3-2-4-6-17)25-34(54)49-40(43)50-36(25)60/h2-6,9,13-16,19-21,26-31,37-39,55-58H,7-8,10-12H2,1H3,(H11-,41,42,43,44,45,48,49,50,59,60,61,62,63,64,65,66,67,68)/p+1/t19-,20-,21-,26-,27-,28-,29-,30-,31-,37-,38-,39-/m1/s1. The molecule has 43 heteroatoms. The number of rotatable bonds is 23. The Morgan fingerprint density at radius 1 is 0.699 bits per heavy atom. The fourth-order valence-corrected chi connectivity index (χ4v) is 13.8. The van der Waals surface area contributed by atoms with E-state index in [2.05, 4.69) is 43.5 Å². The van der Waals surface area contributed by atoms with Crippen molar-refractivity contribution in [2.24, 2.45) is 0 Å². The number of phosphoric ester groups is 3. The number of hydrogen-bond donors (Lipinski definition) is 13. The van der Waals surface area contributed by atoms with Gasteiger partial charge in [0.25, 0.3) is 17.1 Å². The van der Waals surface area contributed by atoms with Gasteiger partial charge in [0.2, 0.25) is 11.7 Å². The van der Waals surface area contributed by atoms with Crippen LogP contribution >= 0.6 is 31.3 Å². The van der Waals surface area contributed by atoms with Crippen molar-refractivity contribution in [3.05, 3.63) is 82.4 Å². The Bertz CT molecular complexity index is 3850. The van der Waals surface area contributed by atoms with Crippen LogP contribution in [0.15, 0.2) is 71.3 Å². The van der Waals surface area contributed by atoms with Crippen LogP contribution in [-0.2, 0) is 70.5 Å². The quantitative estimate of drug-likeness (QED) is 0.0231. The predicted octanol–water partition coefficient (Wildman–Crippen LogP) is -2.56. The first-order valence-electron chi connectivity index (χ1n) is 24.1. The molecule has 10 rings (SSSR count). The average molecular weight is 1250 g/mol. The average Bonchev–Trinajstić information content (AvgIpc) is 2.57.